The Morgan fingerprint density at radius 3 is 1.71 bits per heavy atom. The van der Waals surface area contributed by atoms with Crippen LogP contribution < -0.4 is 0 Å². The molecule has 0 spiro atoms. The zero-order valence-corrected chi connectivity index (χ0v) is 45.0. The van der Waals surface area contributed by atoms with Crippen molar-refractivity contribution in [3.63, 3.8) is 0 Å². The van der Waals surface area contributed by atoms with E-state index in [0.717, 1.165) is 61.3 Å². The van der Waals surface area contributed by atoms with Crippen LogP contribution in [0.3, 0.4) is 0 Å². The van der Waals surface area contributed by atoms with Gasteiger partial charge in [-0.2, -0.15) is 0 Å². The minimum absolute atomic E-state index is 0. The van der Waals surface area contributed by atoms with Crippen LogP contribution in [-0.2, 0) is 48.1 Å². The van der Waals surface area contributed by atoms with Gasteiger partial charge in [0.2, 0.25) is 0 Å². The molecule has 0 aliphatic carbocycles. The second-order valence-electron chi connectivity index (χ2n) is 23.6. The molecule has 8 rings (SSSR count). The molecule has 4 nitrogen and oxygen atoms in total. The minimum Gasteiger partial charge on any atom is -0.507 e. The van der Waals surface area contributed by atoms with Gasteiger partial charge in [-0.05, 0) is 109 Å². The average molecular weight is 1080 g/mol. The molecule has 8 aromatic rings. The van der Waals surface area contributed by atoms with E-state index < -0.39 is 12.3 Å². The summed E-state index contributed by atoms with van der Waals surface area (Å²) in [5.41, 5.74) is 14.3. The number of hydrogen-bond acceptors (Lipinski definition) is 3. The third kappa shape index (κ3) is 10.1. The van der Waals surface area contributed by atoms with E-state index in [4.69, 9.17) is 14.1 Å². The summed E-state index contributed by atoms with van der Waals surface area (Å²) < 4.78 is 28.9. The van der Waals surface area contributed by atoms with Crippen molar-refractivity contribution in [2.45, 2.75) is 138 Å². The van der Waals surface area contributed by atoms with Crippen LogP contribution in [0.25, 0.3) is 72.7 Å². The molecule has 2 heterocycles. The maximum Gasteiger partial charge on any atom is 0.148 e. The van der Waals surface area contributed by atoms with Gasteiger partial charge in [-0.1, -0.05) is 194 Å². The normalized spacial score (nSPS) is 13.5. The molecule has 0 fully saturated rings. The standard InChI is InChI=1S/C63H70N3O.Pt/c1-39-29-41(40-21-18-17-19-22-40)25-26-54(39)66-55-24-20-23-50(56(55)65-58(66)51-37-49(62(11,12)13)38-52(57(51)67)63(14,15)16)44-30-45(34-46(33-44)59(2,3)4)53-35-42(27-28-64-53)43-31-47(60(5,6)7)36-48(32-43)61(8,9)10;/h17-29,31-38,67H,1-16H3;/q-1;/i1D3;. The number of aromatic hydroxyl groups is 1. The smallest absolute Gasteiger partial charge is 0.148 e. The quantitative estimate of drug-likeness (QED) is 0.169. The van der Waals surface area contributed by atoms with Crippen molar-refractivity contribution < 1.29 is 30.3 Å². The van der Waals surface area contributed by atoms with Gasteiger partial charge >= 0.3 is 0 Å². The number of pyridine rings is 1. The molecule has 0 aliphatic rings. The van der Waals surface area contributed by atoms with Crippen molar-refractivity contribution in [3.8, 4) is 67.5 Å². The fourth-order valence-corrected chi connectivity index (χ4v) is 8.80. The molecule has 0 saturated carbocycles. The number of aromatic nitrogens is 3. The van der Waals surface area contributed by atoms with Gasteiger partial charge in [0.05, 0.1) is 22.3 Å². The van der Waals surface area contributed by atoms with E-state index in [-0.39, 0.29) is 54.0 Å². The summed E-state index contributed by atoms with van der Waals surface area (Å²) in [6.07, 6.45) is 1.90. The molecule has 0 unspecified atom stereocenters. The second-order valence-corrected chi connectivity index (χ2v) is 23.6. The summed E-state index contributed by atoms with van der Waals surface area (Å²) in [5.74, 6) is 0.565. The maximum absolute atomic E-state index is 12.5. The van der Waals surface area contributed by atoms with Crippen LogP contribution in [0.5, 0.6) is 5.75 Å². The van der Waals surface area contributed by atoms with Gasteiger partial charge in [-0.3, -0.25) is 9.55 Å². The molecule has 0 saturated heterocycles. The first kappa shape index (κ1) is 46.2. The van der Waals surface area contributed by atoms with Gasteiger partial charge in [0.15, 0.2) is 0 Å². The van der Waals surface area contributed by atoms with Gasteiger partial charge in [-0.15, -0.1) is 29.3 Å². The predicted octanol–water partition coefficient (Wildman–Crippen LogP) is 17.1. The Hall–Kier alpha value is -5.57. The van der Waals surface area contributed by atoms with Crippen LogP contribution in [0.1, 0.15) is 141 Å². The summed E-state index contributed by atoms with van der Waals surface area (Å²) >= 11 is 0. The summed E-state index contributed by atoms with van der Waals surface area (Å²) in [6, 6.07) is 45.1. The number of fused-ring (bicyclic) bond motifs is 1. The first-order chi connectivity index (χ1) is 32.4. The van der Waals surface area contributed by atoms with Crippen molar-refractivity contribution in [2.24, 2.45) is 0 Å². The molecule has 2 aromatic heterocycles. The predicted molar refractivity (Wildman–Crippen MR) is 285 cm³/mol. The monoisotopic (exact) mass is 1080 g/mol. The van der Waals surface area contributed by atoms with Crippen molar-refractivity contribution >= 4 is 11.0 Å². The van der Waals surface area contributed by atoms with Crippen molar-refractivity contribution in [1.29, 1.82) is 0 Å². The van der Waals surface area contributed by atoms with E-state index in [0.29, 0.717) is 28.1 Å². The molecule has 354 valence electrons. The molecule has 0 amide bonds. The zero-order valence-electron chi connectivity index (χ0n) is 45.7. The Bertz CT molecular complexity index is 3240. The second kappa shape index (κ2) is 18.1. The van der Waals surface area contributed by atoms with Gasteiger partial charge < -0.3 is 5.11 Å². The number of imidazole rings is 1. The largest absolute Gasteiger partial charge is 0.507 e. The van der Waals surface area contributed by atoms with E-state index in [1.54, 1.807) is 6.07 Å². The van der Waals surface area contributed by atoms with E-state index in [9.17, 15) is 5.11 Å². The molecule has 0 atom stereocenters. The van der Waals surface area contributed by atoms with Crippen LogP contribution in [0.2, 0.25) is 0 Å². The topological polar surface area (TPSA) is 50.9 Å². The Morgan fingerprint density at radius 1 is 0.515 bits per heavy atom. The summed E-state index contributed by atoms with van der Waals surface area (Å²) in [6.45, 7) is 30.5. The van der Waals surface area contributed by atoms with Crippen LogP contribution in [0.4, 0.5) is 0 Å². The molecule has 0 bridgehead atoms. The third-order valence-corrected chi connectivity index (χ3v) is 13.1. The molecular formula is C63H70N3OPt-. The number of rotatable bonds is 6. The molecule has 1 N–H and O–H groups in total. The van der Waals surface area contributed by atoms with Gasteiger partial charge in [0, 0.05) is 42.6 Å². The van der Waals surface area contributed by atoms with Crippen molar-refractivity contribution in [1.82, 2.24) is 14.5 Å². The van der Waals surface area contributed by atoms with Crippen molar-refractivity contribution in [3.05, 3.63) is 167 Å². The van der Waals surface area contributed by atoms with Gasteiger partial charge in [0.25, 0.3) is 0 Å². The van der Waals surface area contributed by atoms with Gasteiger partial charge in [-0.25, -0.2) is 4.98 Å². The minimum atomic E-state index is -2.49. The molecule has 6 aromatic carbocycles. The summed E-state index contributed by atoms with van der Waals surface area (Å²) in [4.78, 5) is 10.5. The number of aryl methyl sites for hydroxylation is 1. The number of phenolic OH excluding ortho intramolecular Hbond substituents is 1. The summed E-state index contributed by atoms with van der Waals surface area (Å²) in [5, 5.41) is 12.5. The molecule has 0 radical (unpaired) electrons. The SMILES string of the molecule is [2H]C([2H])([2H])c1cc(-c2ccccc2)ccc1-n1c(-c2cc(C(C)(C)C)cc(C(C)(C)C)c2O)nc2c(-c3[c-]c(-c4cc(-c5cc(C(C)(C)C)cc(C(C)(C)C)c5)ccn4)cc(C(C)(C)C)c3)cccc21.[Pt]. The first-order valence-corrected chi connectivity index (χ1v) is 23.7. The van der Waals surface area contributed by atoms with Crippen LogP contribution in [0, 0.1) is 12.9 Å². The number of nitrogens with zero attached hydrogens (tertiary/aromatic N) is 3. The Balaban J connectivity index is 0.00000741. The van der Waals surface area contributed by atoms with Crippen LogP contribution >= 0.6 is 0 Å². The average Bonchev–Trinajstić information content (AvgIpc) is 3.66. The van der Waals surface area contributed by atoms with E-state index in [2.05, 4.69) is 165 Å². The summed E-state index contributed by atoms with van der Waals surface area (Å²) in [7, 11) is 0. The Kier molecular flexibility index (Phi) is 12.3. The van der Waals surface area contributed by atoms with Crippen LogP contribution in [-0.4, -0.2) is 19.6 Å². The molecular weight excluding hydrogens is 1010 g/mol. The molecule has 5 heteroatoms. The van der Waals surface area contributed by atoms with E-state index in [1.165, 1.54) is 11.1 Å². The molecule has 68 heavy (non-hydrogen) atoms. The van der Waals surface area contributed by atoms with E-state index in [1.807, 2.05) is 71.4 Å². The fourth-order valence-electron chi connectivity index (χ4n) is 8.80. The number of phenols is 1. The Labute approximate surface area is 425 Å². The van der Waals surface area contributed by atoms with Crippen LogP contribution in [0.15, 0.2) is 128 Å². The third-order valence-electron chi connectivity index (χ3n) is 13.1. The first-order valence-electron chi connectivity index (χ1n) is 25.2. The maximum atomic E-state index is 12.5. The van der Waals surface area contributed by atoms with Crippen molar-refractivity contribution in [2.75, 3.05) is 0 Å². The molecule has 0 aliphatic heterocycles. The van der Waals surface area contributed by atoms with E-state index >= 15 is 0 Å². The Morgan fingerprint density at radius 2 is 1.10 bits per heavy atom. The number of benzene rings is 6. The zero-order chi connectivity index (χ0) is 51.1. The number of hydrogen-bond donors (Lipinski definition) is 1. The number of para-hydroxylation sites is 1. The van der Waals surface area contributed by atoms with Gasteiger partial charge in [0.1, 0.15) is 11.6 Å². The fraction of sp³-hybridized carbons (Fsp3) is 0.333.